The zero-order valence-electron chi connectivity index (χ0n) is 19.4. The van der Waals surface area contributed by atoms with Gasteiger partial charge in [0, 0.05) is 5.57 Å². The smallest absolute Gasteiger partial charge is 0.0737 e. The third-order valence-corrected chi connectivity index (χ3v) is 6.10. The van der Waals surface area contributed by atoms with Crippen molar-refractivity contribution in [2.24, 2.45) is 20.0 Å². The van der Waals surface area contributed by atoms with Gasteiger partial charge in [-0.05, 0) is 83.4 Å². The summed E-state index contributed by atoms with van der Waals surface area (Å²) < 4.78 is 0. The normalized spacial score (nSPS) is 20.3. The number of allylic oxidation sites excluding steroid dienone is 12. The van der Waals surface area contributed by atoms with E-state index in [9.17, 15) is 0 Å². The Morgan fingerprint density at radius 1 is 0.500 bits per heavy atom. The van der Waals surface area contributed by atoms with Crippen molar-refractivity contribution in [1.82, 2.24) is 0 Å². The zero-order chi connectivity index (χ0) is 23.3. The zero-order valence-corrected chi connectivity index (χ0v) is 19.4. The maximum absolute atomic E-state index is 4.94. The molecule has 5 heterocycles. The SMILES string of the molecule is CC(C)(C)c1ccc(C2=CC3=CC4=NC(=CC5=NC(=CC6=NC(=CC2=N3)C=C6)C=C5)C=C4)cc1. The molecule has 0 radical (unpaired) electrons. The standard InChI is InChI=1S/C30H24N4/c1-30(2,3)20-6-4-19(5-7-20)28-17-27-16-25-11-10-23(32-25)14-21-8-9-22(31-21)15-24-12-13-26(33-24)18-29(28)34-27/h4-18H,1-3H3. The molecule has 1 aromatic rings. The molecule has 5 aliphatic rings. The van der Waals surface area contributed by atoms with Crippen molar-refractivity contribution in [3.8, 4) is 0 Å². The first kappa shape index (κ1) is 20.4. The molecule has 34 heavy (non-hydrogen) atoms. The minimum Gasteiger partial charge on any atom is -0.249 e. The van der Waals surface area contributed by atoms with E-state index in [0.717, 1.165) is 56.8 Å². The van der Waals surface area contributed by atoms with Crippen molar-refractivity contribution in [1.29, 1.82) is 0 Å². The lowest BCUT2D eigenvalue weighted by molar-refractivity contribution is 0.590. The molecule has 164 valence electrons. The molecule has 0 fully saturated rings. The van der Waals surface area contributed by atoms with E-state index >= 15 is 0 Å². The molecule has 0 aliphatic carbocycles. The number of benzene rings is 1. The van der Waals surface area contributed by atoms with Crippen LogP contribution in [-0.4, -0.2) is 22.8 Å². The van der Waals surface area contributed by atoms with Gasteiger partial charge in [-0.2, -0.15) is 0 Å². The molecule has 0 unspecified atom stereocenters. The molecule has 0 aromatic heterocycles. The van der Waals surface area contributed by atoms with Gasteiger partial charge in [-0.1, -0.05) is 45.0 Å². The average Bonchev–Trinajstić information content (AvgIpc) is 3.58. The van der Waals surface area contributed by atoms with Gasteiger partial charge in [-0.3, -0.25) is 0 Å². The van der Waals surface area contributed by atoms with E-state index < -0.39 is 0 Å². The van der Waals surface area contributed by atoms with Gasteiger partial charge in [0.05, 0.1) is 45.6 Å². The van der Waals surface area contributed by atoms with Crippen molar-refractivity contribution in [3.05, 3.63) is 125 Å². The fraction of sp³-hybridized carbons (Fsp3) is 0.133. The molecule has 0 amide bonds. The molecule has 1 aromatic carbocycles. The summed E-state index contributed by atoms with van der Waals surface area (Å²) in [7, 11) is 0. The lowest BCUT2D eigenvalue weighted by Gasteiger charge is -2.19. The fourth-order valence-electron chi connectivity index (χ4n) is 4.28. The van der Waals surface area contributed by atoms with Crippen LogP contribution in [-0.2, 0) is 5.41 Å². The van der Waals surface area contributed by atoms with Crippen molar-refractivity contribution in [2.45, 2.75) is 26.2 Å². The second-order valence-electron chi connectivity index (χ2n) is 9.77. The molecule has 4 nitrogen and oxygen atoms in total. The number of rotatable bonds is 1. The number of hydrogen-bond acceptors (Lipinski definition) is 4. The summed E-state index contributed by atoms with van der Waals surface area (Å²) >= 11 is 0. The third-order valence-electron chi connectivity index (χ3n) is 6.10. The van der Waals surface area contributed by atoms with Crippen LogP contribution < -0.4 is 0 Å². The number of nitrogens with zero attached hydrogens (tertiary/aromatic N) is 4. The summed E-state index contributed by atoms with van der Waals surface area (Å²) in [4.78, 5) is 19.1. The van der Waals surface area contributed by atoms with E-state index in [4.69, 9.17) is 15.0 Å². The highest BCUT2D eigenvalue weighted by molar-refractivity contribution is 6.32. The summed E-state index contributed by atoms with van der Waals surface area (Å²) in [6.45, 7) is 6.69. The Morgan fingerprint density at radius 2 is 1.00 bits per heavy atom. The van der Waals surface area contributed by atoms with E-state index in [1.807, 2.05) is 54.7 Å². The Labute approximate surface area is 199 Å². The highest BCUT2D eigenvalue weighted by Gasteiger charge is 2.19. The summed E-state index contributed by atoms with van der Waals surface area (Å²) in [6.07, 6.45) is 22.3. The lowest BCUT2D eigenvalue weighted by atomic mass is 9.86. The van der Waals surface area contributed by atoms with Crippen molar-refractivity contribution in [2.75, 3.05) is 0 Å². The maximum atomic E-state index is 4.94. The van der Waals surface area contributed by atoms with Crippen LogP contribution in [0.3, 0.4) is 0 Å². The van der Waals surface area contributed by atoms with Crippen LogP contribution in [0, 0.1) is 0 Å². The number of hydrogen-bond donors (Lipinski definition) is 0. The fourth-order valence-corrected chi connectivity index (χ4v) is 4.28. The number of aliphatic imine (C=N–C) groups is 4. The van der Waals surface area contributed by atoms with Crippen molar-refractivity contribution < 1.29 is 0 Å². The highest BCUT2D eigenvalue weighted by Crippen LogP contribution is 2.31. The highest BCUT2D eigenvalue weighted by atomic mass is 14.8. The van der Waals surface area contributed by atoms with Gasteiger partial charge in [0.1, 0.15) is 0 Å². The first-order valence-electron chi connectivity index (χ1n) is 11.5. The van der Waals surface area contributed by atoms with Crippen LogP contribution in [0.4, 0.5) is 0 Å². The summed E-state index contributed by atoms with van der Waals surface area (Å²) in [5.41, 5.74) is 10.7. The summed E-state index contributed by atoms with van der Waals surface area (Å²) in [5, 5.41) is 0. The molecule has 0 atom stereocenters. The van der Waals surface area contributed by atoms with E-state index in [1.54, 1.807) is 0 Å². The molecule has 0 saturated carbocycles. The van der Waals surface area contributed by atoms with Gasteiger partial charge < -0.3 is 0 Å². The molecule has 4 heteroatoms. The molecule has 0 saturated heterocycles. The van der Waals surface area contributed by atoms with Crippen molar-refractivity contribution >= 4 is 28.4 Å². The minimum absolute atomic E-state index is 0.113. The number of fused-ring (bicyclic) bond motifs is 4. The van der Waals surface area contributed by atoms with Gasteiger partial charge in [-0.15, -0.1) is 0 Å². The largest absolute Gasteiger partial charge is 0.249 e. The predicted molar refractivity (Wildman–Crippen MR) is 143 cm³/mol. The summed E-state index contributed by atoms with van der Waals surface area (Å²) in [6, 6.07) is 8.79. The van der Waals surface area contributed by atoms with Gasteiger partial charge in [0.25, 0.3) is 0 Å². The van der Waals surface area contributed by atoms with Crippen LogP contribution in [0.15, 0.2) is 134 Å². The topological polar surface area (TPSA) is 49.4 Å². The second-order valence-corrected chi connectivity index (χ2v) is 9.77. The van der Waals surface area contributed by atoms with Crippen molar-refractivity contribution in [3.63, 3.8) is 0 Å². The first-order chi connectivity index (χ1) is 16.4. The van der Waals surface area contributed by atoms with Crippen LogP contribution in [0.5, 0.6) is 0 Å². The predicted octanol–water partition coefficient (Wildman–Crippen LogP) is 6.40. The van der Waals surface area contributed by atoms with Gasteiger partial charge in [-0.25, -0.2) is 20.0 Å². The lowest BCUT2D eigenvalue weighted by Crippen LogP contribution is -2.10. The van der Waals surface area contributed by atoms with Gasteiger partial charge in [0.2, 0.25) is 0 Å². The Balaban J connectivity index is 1.46. The second kappa shape index (κ2) is 7.70. The van der Waals surface area contributed by atoms with Crippen LogP contribution in [0.1, 0.15) is 31.9 Å². The third kappa shape index (κ3) is 3.99. The molecule has 8 bridgehead atoms. The molecule has 0 N–H and O–H groups in total. The molecular formula is C30H24N4. The minimum atomic E-state index is 0.113. The Hall–Kier alpha value is -4.18. The molecule has 5 aliphatic heterocycles. The van der Waals surface area contributed by atoms with Gasteiger partial charge >= 0.3 is 0 Å². The molecule has 6 rings (SSSR count). The van der Waals surface area contributed by atoms with E-state index in [2.05, 4.69) is 62.2 Å². The Morgan fingerprint density at radius 3 is 1.53 bits per heavy atom. The van der Waals surface area contributed by atoms with E-state index in [0.29, 0.717) is 0 Å². The van der Waals surface area contributed by atoms with E-state index in [1.165, 1.54) is 5.56 Å². The molecular weight excluding hydrogens is 416 g/mol. The quantitative estimate of drug-likeness (QED) is 0.485. The summed E-state index contributed by atoms with van der Waals surface area (Å²) in [5.74, 6) is 0. The van der Waals surface area contributed by atoms with Gasteiger partial charge in [0.15, 0.2) is 0 Å². The molecule has 0 spiro atoms. The van der Waals surface area contributed by atoms with Crippen LogP contribution in [0.2, 0.25) is 0 Å². The maximum Gasteiger partial charge on any atom is 0.0737 e. The van der Waals surface area contributed by atoms with Crippen LogP contribution in [0.25, 0.3) is 5.57 Å². The Bertz CT molecular complexity index is 1480. The first-order valence-corrected chi connectivity index (χ1v) is 11.5. The Kier molecular flexibility index (Phi) is 4.63. The average molecular weight is 441 g/mol. The van der Waals surface area contributed by atoms with E-state index in [-0.39, 0.29) is 5.41 Å². The monoisotopic (exact) mass is 440 g/mol. The van der Waals surface area contributed by atoms with Crippen LogP contribution >= 0.6 is 0 Å².